The molecule has 0 heterocycles. The highest BCUT2D eigenvalue weighted by Crippen LogP contribution is 2.53. The summed E-state index contributed by atoms with van der Waals surface area (Å²) in [5, 5.41) is 11.0. The number of hydrogen-bond acceptors (Lipinski definition) is 1. The molecule has 2 fully saturated rings. The van der Waals surface area contributed by atoms with Gasteiger partial charge in [0.1, 0.15) is 0 Å². The van der Waals surface area contributed by atoms with Gasteiger partial charge >= 0.3 is 0 Å². The van der Waals surface area contributed by atoms with Crippen molar-refractivity contribution < 1.29 is 5.11 Å². The van der Waals surface area contributed by atoms with Crippen molar-refractivity contribution in [1.29, 1.82) is 0 Å². The summed E-state index contributed by atoms with van der Waals surface area (Å²) in [5.41, 5.74) is 0.958. The molecule has 0 spiro atoms. The molecule has 1 unspecified atom stereocenters. The Morgan fingerprint density at radius 2 is 1.81 bits per heavy atom. The molecule has 92 valence electrons. The van der Waals surface area contributed by atoms with Gasteiger partial charge < -0.3 is 5.11 Å². The van der Waals surface area contributed by atoms with Crippen LogP contribution in [0.5, 0.6) is 0 Å². The van der Waals surface area contributed by atoms with Crippen molar-refractivity contribution >= 4 is 0 Å². The molecular formula is C15H26O. The van der Waals surface area contributed by atoms with E-state index in [9.17, 15) is 5.11 Å². The molecule has 2 saturated carbocycles. The molecule has 0 amide bonds. The van der Waals surface area contributed by atoms with E-state index in [0.717, 1.165) is 6.42 Å². The highest BCUT2D eigenvalue weighted by molar-refractivity contribution is 5.13. The van der Waals surface area contributed by atoms with Gasteiger partial charge in [-0.05, 0) is 57.3 Å². The first-order chi connectivity index (χ1) is 7.45. The summed E-state index contributed by atoms with van der Waals surface area (Å²) in [4.78, 5) is 0. The first-order valence-electron chi connectivity index (χ1n) is 6.82. The monoisotopic (exact) mass is 222 g/mol. The molecule has 1 N–H and O–H groups in total. The highest BCUT2D eigenvalue weighted by Gasteiger charge is 2.53. The summed E-state index contributed by atoms with van der Waals surface area (Å²) >= 11 is 0. The highest BCUT2D eigenvalue weighted by atomic mass is 16.3. The molecule has 0 aromatic rings. The zero-order chi connectivity index (χ0) is 11.9. The number of aliphatic hydroxyl groups is 1. The van der Waals surface area contributed by atoms with E-state index in [2.05, 4.69) is 33.8 Å². The summed E-state index contributed by atoms with van der Waals surface area (Å²) in [6.45, 7) is 8.93. The van der Waals surface area contributed by atoms with Crippen LogP contribution in [0.4, 0.5) is 0 Å². The topological polar surface area (TPSA) is 20.2 Å². The van der Waals surface area contributed by atoms with Gasteiger partial charge in [0.25, 0.3) is 0 Å². The van der Waals surface area contributed by atoms with Crippen LogP contribution in [-0.2, 0) is 0 Å². The van der Waals surface area contributed by atoms with Gasteiger partial charge in [0, 0.05) is 5.92 Å². The van der Waals surface area contributed by atoms with Gasteiger partial charge in [0.15, 0.2) is 0 Å². The van der Waals surface area contributed by atoms with Gasteiger partial charge in [-0.1, -0.05) is 25.5 Å². The average molecular weight is 222 g/mol. The largest absolute Gasteiger partial charge is 0.389 e. The molecule has 16 heavy (non-hydrogen) atoms. The molecule has 0 radical (unpaired) electrons. The number of hydrogen-bond donors (Lipinski definition) is 1. The van der Waals surface area contributed by atoms with E-state index in [0.29, 0.717) is 23.7 Å². The molecule has 0 aromatic carbocycles. The second-order valence-corrected chi connectivity index (χ2v) is 6.44. The smallest absolute Gasteiger partial charge is 0.0743 e. The maximum absolute atomic E-state index is 11.0. The third kappa shape index (κ3) is 1.84. The van der Waals surface area contributed by atoms with Crippen LogP contribution in [0, 0.1) is 23.7 Å². The van der Waals surface area contributed by atoms with Crippen molar-refractivity contribution in [2.75, 3.05) is 0 Å². The minimum absolute atomic E-state index is 0.390. The first kappa shape index (κ1) is 12.2. The zero-order valence-electron chi connectivity index (χ0n) is 11.2. The number of rotatable bonds is 1. The molecule has 0 aromatic heterocycles. The van der Waals surface area contributed by atoms with Gasteiger partial charge in [0.05, 0.1) is 5.60 Å². The predicted octanol–water partition coefficient (Wildman–Crippen LogP) is 3.78. The van der Waals surface area contributed by atoms with E-state index in [1.807, 2.05) is 0 Å². The predicted molar refractivity (Wildman–Crippen MR) is 68.2 cm³/mol. The number of fused-ring (bicyclic) bond motifs is 1. The fourth-order valence-electron chi connectivity index (χ4n) is 4.07. The van der Waals surface area contributed by atoms with Gasteiger partial charge in [0.2, 0.25) is 0 Å². The summed E-state index contributed by atoms with van der Waals surface area (Å²) in [6.07, 6.45) is 7.06. The van der Waals surface area contributed by atoms with Crippen molar-refractivity contribution in [2.45, 2.75) is 59.0 Å². The van der Waals surface area contributed by atoms with Crippen LogP contribution >= 0.6 is 0 Å². The Labute approximate surface area is 99.9 Å². The maximum atomic E-state index is 11.0. The van der Waals surface area contributed by atoms with E-state index < -0.39 is 5.60 Å². The summed E-state index contributed by atoms with van der Waals surface area (Å²) in [6, 6.07) is 0. The van der Waals surface area contributed by atoms with Crippen molar-refractivity contribution in [3.05, 3.63) is 11.6 Å². The lowest BCUT2D eigenvalue weighted by Crippen LogP contribution is -2.48. The van der Waals surface area contributed by atoms with Gasteiger partial charge in [-0.3, -0.25) is 0 Å². The quantitative estimate of drug-likeness (QED) is 0.669. The number of allylic oxidation sites excluding steroid dienone is 1. The van der Waals surface area contributed by atoms with Crippen molar-refractivity contribution in [1.82, 2.24) is 0 Å². The molecule has 2 rings (SSSR count). The van der Waals surface area contributed by atoms with E-state index in [4.69, 9.17) is 0 Å². The lowest BCUT2D eigenvalue weighted by Gasteiger charge is -2.45. The van der Waals surface area contributed by atoms with Crippen LogP contribution in [0.15, 0.2) is 11.6 Å². The average Bonchev–Trinajstić information content (AvgIpc) is 2.49. The van der Waals surface area contributed by atoms with E-state index in [1.54, 1.807) is 0 Å². The molecule has 0 aliphatic heterocycles. The molecule has 1 heteroatoms. The van der Waals surface area contributed by atoms with E-state index >= 15 is 0 Å². The van der Waals surface area contributed by atoms with E-state index in [-0.39, 0.29) is 0 Å². The second kappa shape index (κ2) is 4.18. The summed E-state index contributed by atoms with van der Waals surface area (Å²) in [5.74, 6) is 2.29. The van der Waals surface area contributed by atoms with Crippen LogP contribution in [0.25, 0.3) is 0 Å². The van der Waals surface area contributed by atoms with Crippen molar-refractivity contribution in [3.63, 3.8) is 0 Å². The first-order valence-corrected chi connectivity index (χ1v) is 6.82. The fourth-order valence-corrected chi connectivity index (χ4v) is 4.07. The Morgan fingerprint density at radius 3 is 2.44 bits per heavy atom. The van der Waals surface area contributed by atoms with Gasteiger partial charge in [-0.15, -0.1) is 0 Å². The Kier molecular flexibility index (Phi) is 3.18. The van der Waals surface area contributed by atoms with Crippen LogP contribution < -0.4 is 0 Å². The zero-order valence-corrected chi connectivity index (χ0v) is 11.2. The molecule has 0 saturated heterocycles. The van der Waals surface area contributed by atoms with Crippen LogP contribution in [0.2, 0.25) is 0 Å². The fraction of sp³-hybridized carbons (Fsp3) is 0.867. The lowest BCUT2D eigenvalue weighted by molar-refractivity contribution is -0.0859. The van der Waals surface area contributed by atoms with Crippen LogP contribution in [0.3, 0.4) is 0 Å². The molecule has 2 aliphatic rings. The minimum Gasteiger partial charge on any atom is -0.389 e. The molecule has 1 nitrogen and oxygen atoms in total. The molecular weight excluding hydrogens is 196 g/mol. The Hall–Kier alpha value is -0.300. The molecule has 0 bridgehead atoms. The Bertz CT molecular complexity index is 290. The SMILES string of the molecule is CC(C)=C[C@H]1[C@@H](C)CCC2[C@@H](C)CC[C@]21O. The lowest BCUT2D eigenvalue weighted by atomic mass is 9.63. The normalized spacial score (nSPS) is 47.6. The molecule has 5 atom stereocenters. The summed E-state index contributed by atoms with van der Waals surface area (Å²) in [7, 11) is 0. The molecule has 2 aliphatic carbocycles. The van der Waals surface area contributed by atoms with Crippen LogP contribution in [-0.4, -0.2) is 10.7 Å². The second-order valence-electron chi connectivity index (χ2n) is 6.44. The Morgan fingerprint density at radius 1 is 1.12 bits per heavy atom. The van der Waals surface area contributed by atoms with Gasteiger partial charge in [-0.25, -0.2) is 0 Å². The van der Waals surface area contributed by atoms with Crippen molar-refractivity contribution in [2.24, 2.45) is 23.7 Å². The third-order valence-electron chi connectivity index (χ3n) is 4.97. The maximum Gasteiger partial charge on any atom is 0.0743 e. The third-order valence-corrected chi connectivity index (χ3v) is 4.97. The van der Waals surface area contributed by atoms with Gasteiger partial charge in [-0.2, -0.15) is 0 Å². The standard InChI is InChI=1S/C15H26O/c1-10(2)9-14-11(3)5-6-13-12(4)7-8-15(13,14)16/h9,11-14,16H,5-8H2,1-4H3/t11-,12-,13?,14-,15-/m0/s1. The Balaban J connectivity index is 2.30. The van der Waals surface area contributed by atoms with E-state index in [1.165, 1.54) is 24.8 Å². The van der Waals surface area contributed by atoms with Crippen molar-refractivity contribution in [3.8, 4) is 0 Å². The van der Waals surface area contributed by atoms with Crippen LogP contribution in [0.1, 0.15) is 53.4 Å². The minimum atomic E-state index is -0.394. The summed E-state index contributed by atoms with van der Waals surface area (Å²) < 4.78 is 0.